The highest BCUT2D eigenvalue weighted by molar-refractivity contribution is 7.89. The number of esters is 1. The van der Waals surface area contributed by atoms with Crippen LogP contribution in [-0.2, 0) is 19.5 Å². The lowest BCUT2D eigenvalue weighted by Crippen LogP contribution is -2.40. The monoisotopic (exact) mass is 534 g/mol. The van der Waals surface area contributed by atoms with Crippen LogP contribution in [0.15, 0.2) is 58.8 Å². The molecule has 0 atom stereocenters. The van der Waals surface area contributed by atoms with Crippen molar-refractivity contribution in [2.24, 2.45) is 0 Å². The highest BCUT2D eigenvalue weighted by Crippen LogP contribution is 2.36. The molecule has 0 unspecified atom stereocenters. The van der Waals surface area contributed by atoms with Crippen molar-refractivity contribution in [2.75, 3.05) is 38.2 Å². The molecule has 0 saturated carbocycles. The summed E-state index contributed by atoms with van der Waals surface area (Å²) in [6.45, 7) is 2.86. The van der Waals surface area contributed by atoms with E-state index >= 15 is 0 Å². The summed E-state index contributed by atoms with van der Waals surface area (Å²) in [5.41, 5.74) is 1.77. The van der Waals surface area contributed by atoms with Crippen LogP contribution in [-0.4, -0.2) is 57.5 Å². The minimum atomic E-state index is -3.91. The van der Waals surface area contributed by atoms with Crippen LogP contribution in [0.3, 0.4) is 0 Å². The van der Waals surface area contributed by atoms with Crippen molar-refractivity contribution in [2.45, 2.75) is 11.8 Å². The molecule has 0 spiro atoms. The summed E-state index contributed by atoms with van der Waals surface area (Å²) < 4.78 is 38.0. The first-order valence-corrected chi connectivity index (χ1v) is 13.6. The molecule has 11 heteroatoms. The molecule has 1 amide bonds. The van der Waals surface area contributed by atoms with E-state index in [0.717, 1.165) is 5.56 Å². The number of halogens is 1. The third-order valence-electron chi connectivity index (χ3n) is 5.36. The molecule has 3 aromatic rings. The van der Waals surface area contributed by atoms with Crippen LogP contribution >= 0.6 is 22.9 Å². The Balaban J connectivity index is 1.66. The Bertz CT molecular complexity index is 1340. The maximum Gasteiger partial charge on any atom is 0.341 e. The normalized spacial score (nSPS) is 14.5. The molecular weight excluding hydrogens is 512 g/mol. The number of nitrogens with zero attached hydrogens (tertiary/aromatic N) is 1. The van der Waals surface area contributed by atoms with Gasteiger partial charge in [-0.15, -0.1) is 11.3 Å². The maximum atomic E-state index is 13.1. The van der Waals surface area contributed by atoms with Gasteiger partial charge < -0.3 is 14.8 Å². The van der Waals surface area contributed by atoms with E-state index in [-0.39, 0.29) is 54.0 Å². The number of hydrogen-bond acceptors (Lipinski definition) is 7. The van der Waals surface area contributed by atoms with Crippen LogP contribution in [0.25, 0.3) is 11.1 Å². The van der Waals surface area contributed by atoms with E-state index in [9.17, 15) is 18.0 Å². The van der Waals surface area contributed by atoms with Gasteiger partial charge in [-0.25, -0.2) is 13.2 Å². The van der Waals surface area contributed by atoms with E-state index in [1.807, 2.05) is 30.3 Å². The second-order valence-corrected chi connectivity index (χ2v) is 10.7. The predicted octanol–water partition coefficient (Wildman–Crippen LogP) is 4.52. The molecule has 1 aromatic heterocycles. The summed E-state index contributed by atoms with van der Waals surface area (Å²) in [6.07, 6.45) is 0. The molecule has 8 nitrogen and oxygen atoms in total. The molecule has 1 saturated heterocycles. The topological polar surface area (TPSA) is 102 Å². The highest BCUT2D eigenvalue weighted by Gasteiger charge is 2.30. The van der Waals surface area contributed by atoms with Crippen LogP contribution in [0, 0.1) is 0 Å². The Kier molecular flexibility index (Phi) is 7.88. The van der Waals surface area contributed by atoms with Gasteiger partial charge in [-0.05, 0) is 30.7 Å². The molecule has 2 aromatic carbocycles. The number of amides is 1. The predicted molar refractivity (Wildman–Crippen MR) is 135 cm³/mol. The Hall–Kier alpha value is -2.76. The summed E-state index contributed by atoms with van der Waals surface area (Å²) in [4.78, 5) is 25.7. The van der Waals surface area contributed by atoms with Crippen molar-refractivity contribution in [3.05, 3.63) is 70.1 Å². The van der Waals surface area contributed by atoms with E-state index in [1.54, 1.807) is 12.3 Å². The number of nitrogens with one attached hydrogen (secondary N) is 1. The highest BCUT2D eigenvalue weighted by atomic mass is 35.5. The molecule has 1 fully saturated rings. The number of carbonyl (C=O) groups is 2. The van der Waals surface area contributed by atoms with Crippen LogP contribution < -0.4 is 5.32 Å². The second kappa shape index (κ2) is 10.9. The van der Waals surface area contributed by atoms with Gasteiger partial charge in [0.2, 0.25) is 10.0 Å². The summed E-state index contributed by atoms with van der Waals surface area (Å²) >= 11 is 7.39. The van der Waals surface area contributed by atoms with Gasteiger partial charge in [0.15, 0.2) is 0 Å². The average Bonchev–Trinajstić information content (AvgIpc) is 3.29. The minimum absolute atomic E-state index is 0.0164. The van der Waals surface area contributed by atoms with Crippen LogP contribution in [0.2, 0.25) is 5.02 Å². The van der Waals surface area contributed by atoms with Crippen LogP contribution in [0.1, 0.15) is 27.6 Å². The van der Waals surface area contributed by atoms with Gasteiger partial charge in [0.1, 0.15) is 15.5 Å². The van der Waals surface area contributed by atoms with E-state index < -0.39 is 21.9 Å². The SMILES string of the molecule is CCOC(=O)c1c(-c2ccccc2)csc1NC(=O)c1ccc(Cl)c(S(=O)(=O)N2CCOCC2)c1. The Morgan fingerprint density at radius 1 is 1.14 bits per heavy atom. The number of benzene rings is 2. The molecule has 1 aliphatic heterocycles. The quantitative estimate of drug-likeness (QED) is 0.447. The lowest BCUT2D eigenvalue weighted by atomic mass is 10.0. The third kappa shape index (κ3) is 5.41. The van der Waals surface area contributed by atoms with Gasteiger partial charge in [0, 0.05) is 29.6 Å². The lowest BCUT2D eigenvalue weighted by molar-refractivity contribution is 0.0529. The minimum Gasteiger partial charge on any atom is -0.462 e. The van der Waals surface area contributed by atoms with Crippen LogP contribution in [0.5, 0.6) is 0 Å². The van der Waals surface area contributed by atoms with Gasteiger partial charge >= 0.3 is 5.97 Å². The number of ether oxygens (including phenoxy) is 2. The molecule has 0 radical (unpaired) electrons. The molecule has 0 bridgehead atoms. The largest absolute Gasteiger partial charge is 0.462 e. The zero-order valence-electron chi connectivity index (χ0n) is 18.8. The molecule has 0 aliphatic carbocycles. The van der Waals surface area contributed by atoms with Crippen molar-refractivity contribution in [1.29, 1.82) is 0 Å². The molecular formula is C24H23ClN2O6S2. The number of carbonyl (C=O) groups excluding carboxylic acids is 2. The first-order valence-electron chi connectivity index (χ1n) is 10.9. The summed E-state index contributed by atoms with van der Waals surface area (Å²) in [6, 6.07) is 13.3. The number of morpholine rings is 1. The van der Waals surface area contributed by atoms with Crippen molar-refractivity contribution in [3.63, 3.8) is 0 Å². The lowest BCUT2D eigenvalue weighted by Gasteiger charge is -2.26. The molecule has 1 N–H and O–H groups in total. The van der Waals surface area contributed by atoms with Gasteiger partial charge in [-0.2, -0.15) is 4.31 Å². The number of thiophene rings is 1. The number of anilines is 1. The van der Waals surface area contributed by atoms with Gasteiger partial charge in [0.25, 0.3) is 5.91 Å². The van der Waals surface area contributed by atoms with Crippen molar-refractivity contribution in [1.82, 2.24) is 4.31 Å². The Morgan fingerprint density at radius 3 is 2.54 bits per heavy atom. The van der Waals surface area contributed by atoms with E-state index in [0.29, 0.717) is 10.6 Å². The van der Waals surface area contributed by atoms with Crippen molar-refractivity contribution in [3.8, 4) is 11.1 Å². The molecule has 4 rings (SSSR count). The number of hydrogen-bond donors (Lipinski definition) is 1. The zero-order valence-corrected chi connectivity index (χ0v) is 21.2. The third-order valence-corrected chi connectivity index (χ3v) is 8.64. The fourth-order valence-corrected chi connectivity index (χ4v) is 6.49. The summed E-state index contributed by atoms with van der Waals surface area (Å²) in [5, 5.41) is 4.83. The molecule has 35 heavy (non-hydrogen) atoms. The fraction of sp³-hybridized carbons (Fsp3) is 0.250. The number of sulfonamides is 1. The summed E-state index contributed by atoms with van der Waals surface area (Å²) in [5.74, 6) is -1.14. The molecule has 184 valence electrons. The first kappa shape index (κ1) is 25.3. The standard InChI is InChI=1S/C24H23ClN2O6S2/c1-2-33-24(29)21-18(16-6-4-3-5-7-16)15-34-23(21)26-22(28)17-8-9-19(25)20(14-17)35(30,31)27-10-12-32-13-11-27/h3-9,14-15H,2,10-13H2,1H3,(H,26,28). The van der Waals surface area contributed by atoms with E-state index in [2.05, 4.69) is 5.32 Å². The molecule has 2 heterocycles. The van der Waals surface area contributed by atoms with E-state index in [1.165, 1.54) is 33.8 Å². The van der Waals surface area contributed by atoms with E-state index in [4.69, 9.17) is 21.1 Å². The van der Waals surface area contributed by atoms with Crippen molar-refractivity contribution < 1.29 is 27.5 Å². The average molecular weight is 535 g/mol. The fourth-order valence-electron chi connectivity index (χ4n) is 3.63. The zero-order chi connectivity index (χ0) is 25.0. The Morgan fingerprint density at radius 2 is 1.86 bits per heavy atom. The first-order chi connectivity index (χ1) is 16.8. The van der Waals surface area contributed by atoms with Gasteiger partial charge in [-0.3, -0.25) is 4.79 Å². The smallest absolute Gasteiger partial charge is 0.341 e. The van der Waals surface area contributed by atoms with Gasteiger partial charge in [0.05, 0.1) is 24.8 Å². The van der Waals surface area contributed by atoms with Gasteiger partial charge in [-0.1, -0.05) is 41.9 Å². The van der Waals surface area contributed by atoms with Crippen molar-refractivity contribution >= 4 is 49.8 Å². The number of rotatable bonds is 7. The Labute approximate surface area is 212 Å². The van der Waals surface area contributed by atoms with Crippen LogP contribution in [0.4, 0.5) is 5.00 Å². The summed E-state index contributed by atoms with van der Waals surface area (Å²) in [7, 11) is -3.91. The molecule has 1 aliphatic rings. The second-order valence-electron chi connectivity index (χ2n) is 7.56. The maximum absolute atomic E-state index is 13.1.